The van der Waals surface area contributed by atoms with Gasteiger partial charge in [0, 0.05) is 0 Å². The summed E-state index contributed by atoms with van der Waals surface area (Å²) < 4.78 is 0. The van der Waals surface area contributed by atoms with E-state index in [4.69, 9.17) is 5.26 Å². The second-order valence-corrected chi connectivity index (χ2v) is 3.21. The molecule has 0 aromatic rings. The summed E-state index contributed by atoms with van der Waals surface area (Å²) in [5.74, 6) is 0. The average Bonchev–Trinajstić information content (AvgIpc) is 2.13. The van der Waals surface area contributed by atoms with Gasteiger partial charge in [-0.2, -0.15) is 0 Å². The first-order chi connectivity index (χ1) is 5.74. The Morgan fingerprint density at radius 3 is 2.50 bits per heavy atom. The molecule has 0 fully saturated rings. The first-order valence-corrected chi connectivity index (χ1v) is 4.47. The first kappa shape index (κ1) is 11.6. The molecule has 0 saturated heterocycles. The number of unbranched alkanes of at least 4 members (excludes halogenated alkanes) is 1. The molecule has 0 rings (SSSR count). The summed E-state index contributed by atoms with van der Waals surface area (Å²) in [4.78, 5) is 14.8. The summed E-state index contributed by atoms with van der Waals surface area (Å²) in [5, 5.41) is 8.30. The van der Waals surface area contributed by atoms with Crippen LogP contribution in [0.3, 0.4) is 0 Å². The molecule has 0 aliphatic heterocycles. The van der Waals surface area contributed by atoms with Crippen LogP contribution in [0.5, 0.6) is 0 Å². The van der Waals surface area contributed by atoms with Gasteiger partial charge in [-0.1, -0.05) is 26.7 Å². The largest absolute Gasteiger partial charge is 0.303 e. The van der Waals surface area contributed by atoms with Crippen molar-refractivity contribution in [3.8, 4) is 0 Å². The molecule has 0 aliphatic carbocycles. The van der Waals surface area contributed by atoms with Crippen LogP contribution in [0.2, 0.25) is 0 Å². The number of aldehydes is 1. The molecule has 0 saturated carbocycles. The lowest BCUT2D eigenvalue weighted by molar-refractivity contribution is -0.260. The maximum absolute atomic E-state index is 10.8. The van der Waals surface area contributed by atoms with Crippen molar-refractivity contribution >= 4 is 6.29 Å². The predicted molar refractivity (Wildman–Crippen MR) is 46.9 cm³/mol. The topological polar surface area (TPSA) is 46.5 Å². The molecular formula is C9H18O3. The van der Waals surface area contributed by atoms with E-state index in [2.05, 4.69) is 11.8 Å². The summed E-state index contributed by atoms with van der Waals surface area (Å²) in [6, 6.07) is 0. The number of hydrogen-bond donors (Lipinski definition) is 1. The molecule has 3 heteroatoms. The minimum absolute atomic E-state index is 0.118. The molecule has 0 aromatic heterocycles. The lowest BCUT2D eigenvalue weighted by atomic mass is 9.83. The van der Waals surface area contributed by atoms with Crippen molar-refractivity contribution in [2.75, 3.05) is 6.61 Å². The summed E-state index contributed by atoms with van der Waals surface area (Å²) in [5.41, 5.74) is -0.467. The van der Waals surface area contributed by atoms with Gasteiger partial charge in [0.15, 0.2) is 0 Å². The van der Waals surface area contributed by atoms with E-state index in [9.17, 15) is 4.79 Å². The molecular weight excluding hydrogens is 156 g/mol. The third kappa shape index (κ3) is 3.32. The van der Waals surface area contributed by atoms with Gasteiger partial charge in [0.2, 0.25) is 0 Å². The molecule has 1 N–H and O–H groups in total. The maximum atomic E-state index is 10.8. The van der Waals surface area contributed by atoms with E-state index in [1.807, 2.05) is 6.92 Å². The molecule has 0 aromatic carbocycles. The van der Waals surface area contributed by atoms with E-state index < -0.39 is 5.41 Å². The van der Waals surface area contributed by atoms with Gasteiger partial charge in [-0.25, -0.2) is 4.89 Å². The number of carbonyl (C=O) groups excluding carboxylic acids is 1. The van der Waals surface area contributed by atoms with Crippen molar-refractivity contribution in [3.63, 3.8) is 0 Å². The van der Waals surface area contributed by atoms with Crippen LogP contribution in [0.15, 0.2) is 0 Å². The lowest BCUT2D eigenvalue weighted by Gasteiger charge is -2.24. The molecule has 12 heavy (non-hydrogen) atoms. The Morgan fingerprint density at radius 1 is 1.50 bits per heavy atom. The van der Waals surface area contributed by atoms with Gasteiger partial charge in [0.1, 0.15) is 6.29 Å². The molecule has 0 heterocycles. The Bertz CT molecular complexity index is 125. The van der Waals surface area contributed by atoms with Crippen LogP contribution >= 0.6 is 0 Å². The van der Waals surface area contributed by atoms with E-state index in [0.717, 1.165) is 32.0 Å². The highest BCUT2D eigenvalue weighted by Gasteiger charge is 2.27. The minimum atomic E-state index is -0.467. The Hall–Kier alpha value is -0.410. The zero-order valence-electron chi connectivity index (χ0n) is 7.88. The van der Waals surface area contributed by atoms with Crippen molar-refractivity contribution in [2.45, 2.75) is 39.5 Å². The van der Waals surface area contributed by atoms with Crippen LogP contribution in [0.1, 0.15) is 39.5 Å². The van der Waals surface area contributed by atoms with Crippen molar-refractivity contribution in [2.24, 2.45) is 5.41 Å². The Morgan fingerprint density at radius 2 is 2.17 bits per heavy atom. The molecule has 1 atom stereocenters. The zero-order valence-corrected chi connectivity index (χ0v) is 7.88. The SMILES string of the molecule is CCCCC(C=O)(CC)COO. The Balaban J connectivity index is 4.04. The first-order valence-electron chi connectivity index (χ1n) is 4.47. The van der Waals surface area contributed by atoms with E-state index in [1.54, 1.807) is 0 Å². The summed E-state index contributed by atoms with van der Waals surface area (Å²) in [7, 11) is 0. The normalized spacial score (nSPS) is 15.6. The summed E-state index contributed by atoms with van der Waals surface area (Å²) in [6.07, 6.45) is 4.47. The molecule has 0 aliphatic rings. The molecule has 1 unspecified atom stereocenters. The molecule has 0 bridgehead atoms. The quantitative estimate of drug-likeness (QED) is 0.366. The van der Waals surface area contributed by atoms with Gasteiger partial charge >= 0.3 is 0 Å². The van der Waals surface area contributed by atoms with Crippen molar-refractivity contribution in [1.29, 1.82) is 0 Å². The van der Waals surface area contributed by atoms with Crippen LogP contribution in [-0.2, 0) is 9.68 Å². The van der Waals surface area contributed by atoms with Crippen LogP contribution in [-0.4, -0.2) is 18.2 Å². The molecule has 0 radical (unpaired) electrons. The van der Waals surface area contributed by atoms with Gasteiger partial charge in [-0.15, -0.1) is 0 Å². The lowest BCUT2D eigenvalue weighted by Crippen LogP contribution is -2.27. The molecule has 3 nitrogen and oxygen atoms in total. The summed E-state index contributed by atoms with van der Waals surface area (Å²) in [6.45, 7) is 4.13. The fourth-order valence-corrected chi connectivity index (χ4v) is 1.18. The minimum Gasteiger partial charge on any atom is -0.303 e. The highest BCUT2D eigenvalue weighted by atomic mass is 17.1. The van der Waals surface area contributed by atoms with Gasteiger partial charge < -0.3 is 4.79 Å². The van der Waals surface area contributed by atoms with E-state index in [0.29, 0.717) is 0 Å². The number of hydrogen-bond acceptors (Lipinski definition) is 3. The zero-order chi connectivity index (χ0) is 9.45. The maximum Gasteiger partial charge on any atom is 0.128 e. The smallest absolute Gasteiger partial charge is 0.128 e. The van der Waals surface area contributed by atoms with Gasteiger partial charge in [0.05, 0.1) is 12.0 Å². The van der Waals surface area contributed by atoms with E-state index in [-0.39, 0.29) is 6.61 Å². The van der Waals surface area contributed by atoms with Crippen LogP contribution in [0.25, 0.3) is 0 Å². The van der Waals surface area contributed by atoms with Gasteiger partial charge in [-0.3, -0.25) is 5.26 Å². The summed E-state index contributed by atoms with van der Waals surface area (Å²) >= 11 is 0. The monoisotopic (exact) mass is 174 g/mol. The van der Waals surface area contributed by atoms with E-state index in [1.165, 1.54) is 0 Å². The van der Waals surface area contributed by atoms with Crippen LogP contribution in [0, 0.1) is 5.41 Å². The van der Waals surface area contributed by atoms with E-state index >= 15 is 0 Å². The third-order valence-corrected chi connectivity index (χ3v) is 2.33. The fraction of sp³-hybridized carbons (Fsp3) is 0.889. The Kier molecular flexibility index (Phi) is 5.93. The van der Waals surface area contributed by atoms with Crippen molar-refractivity contribution in [3.05, 3.63) is 0 Å². The number of rotatable bonds is 7. The fourth-order valence-electron chi connectivity index (χ4n) is 1.18. The second-order valence-electron chi connectivity index (χ2n) is 3.21. The predicted octanol–water partition coefficient (Wildman–Crippen LogP) is 2.26. The van der Waals surface area contributed by atoms with Gasteiger partial charge in [-0.05, 0) is 12.8 Å². The third-order valence-electron chi connectivity index (χ3n) is 2.33. The highest BCUT2D eigenvalue weighted by Crippen LogP contribution is 2.26. The van der Waals surface area contributed by atoms with Crippen LogP contribution in [0.4, 0.5) is 0 Å². The second kappa shape index (κ2) is 6.14. The van der Waals surface area contributed by atoms with Crippen molar-refractivity contribution in [1.82, 2.24) is 0 Å². The number of carbonyl (C=O) groups is 1. The molecule has 0 amide bonds. The Labute approximate surface area is 73.7 Å². The standard InChI is InChI=1S/C9H18O3/c1-3-5-6-9(4-2,7-10)8-12-11/h7,11H,3-6,8H2,1-2H3. The molecule has 72 valence electrons. The average molecular weight is 174 g/mol. The van der Waals surface area contributed by atoms with Crippen LogP contribution < -0.4 is 0 Å². The highest BCUT2D eigenvalue weighted by molar-refractivity contribution is 5.59. The van der Waals surface area contributed by atoms with Crippen molar-refractivity contribution < 1.29 is 14.9 Å². The van der Waals surface area contributed by atoms with Gasteiger partial charge in [0.25, 0.3) is 0 Å². The molecule has 0 spiro atoms.